The molecule has 1 aliphatic heterocycles. The van der Waals surface area contributed by atoms with E-state index in [0.29, 0.717) is 5.92 Å². The molecule has 1 aromatic rings. The zero-order valence-corrected chi connectivity index (χ0v) is 7.92. The van der Waals surface area contributed by atoms with E-state index in [1.54, 1.807) is 0 Å². The number of rotatable bonds is 3. The molecule has 1 N–H and O–H groups in total. The molecule has 0 aliphatic carbocycles. The van der Waals surface area contributed by atoms with Gasteiger partial charge in [0.1, 0.15) is 0 Å². The first kappa shape index (κ1) is 8.69. The van der Waals surface area contributed by atoms with E-state index < -0.39 is 0 Å². The zero-order chi connectivity index (χ0) is 9.10. The van der Waals surface area contributed by atoms with E-state index in [2.05, 4.69) is 22.4 Å². The van der Waals surface area contributed by atoms with Gasteiger partial charge in [0, 0.05) is 13.0 Å². The molecule has 4 heteroatoms. The molecule has 2 heterocycles. The maximum absolute atomic E-state index is 5.20. The normalized spacial score (nSPS) is 22.4. The Morgan fingerprint density at radius 2 is 2.54 bits per heavy atom. The minimum Gasteiger partial charge on any atom is -0.339 e. The van der Waals surface area contributed by atoms with Crippen LogP contribution in [-0.2, 0) is 6.42 Å². The predicted molar refractivity (Wildman–Crippen MR) is 48.5 cm³/mol. The van der Waals surface area contributed by atoms with E-state index in [1.807, 2.05) is 0 Å². The highest BCUT2D eigenvalue weighted by Gasteiger charge is 2.22. The fourth-order valence-corrected chi connectivity index (χ4v) is 1.62. The molecule has 0 amide bonds. The Hall–Kier alpha value is -0.900. The molecule has 0 saturated carbocycles. The first-order chi connectivity index (χ1) is 6.40. The third kappa shape index (κ3) is 1.88. The van der Waals surface area contributed by atoms with Gasteiger partial charge < -0.3 is 9.84 Å². The molecule has 1 saturated heterocycles. The number of aromatic nitrogens is 2. The van der Waals surface area contributed by atoms with Gasteiger partial charge in [0.25, 0.3) is 0 Å². The third-order valence-electron chi connectivity index (χ3n) is 2.37. The van der Waals surface area contributed by atoms with Gasteiger partial charge >= 0.3 is 0 Å². The fourth-order valence-electron chi connectivity index (χ4n) is 1.62. The summed E-state index contributed by atoms with van der Waals surface area (Å²) >= 11 is 0. The van der Waals surface area contributed by atoms with Crippen molar-refractivity contribution >= 4 is 0 Å². The second-order valence-corrected chi connectivity index (χ2v) is 3.49. The summed E-state index contributed by atoms with van der Waals surface area (Å²) < 4.78 is 5.20. The summed E-state index contributed by atoms with van der Waals surface area (Å²) in [7, 11) is 0. The Morgan fingerprint density at radius 3 is 3.23 bits per heavy atom. The predicted octanol–water partition coefficient (Wildman–Crippen LogP) is 1.10. The summed E-state index contributed by atoms with van der Waals surface area (Å²) in [6.07, 6.45) is 3.11. The van der Waals surface area contributed by atoms with E-state index in [-0.39, 0.29) is 0 Å². The van der Waals surface area contributed by atoms with Crippen LogP contribution in [0.25, 0.3) is 0 Å². The van der Waals surface area contributed by atoms with Gasteiger partial charge in [-0.2, -0.15) is 4.98 Å². The Bertz CT molecular complexity index is 266. The molecule has 72 valence electrons. The topological polar surface area (TPSA) is 51.0 Å². The fraction of sp³-hybridized carbons (Fsp3) is 0.778. The molecule has 0 radical (unpaired) electrons. The van der Waals surface area contributed by atoms with Crippen molar-refractivity contribution in [3.63, 3.8) is 0 Å². The molecule has 1 fully saturated rings. The van der Waals surface area contributed by atoms with Crippen molar-refractivity contribution in [2.45, 2.75) is 32.1 Å². The van der Waals surface area contributed by atoms with Gasteiger partial charge in [-0.1, -0.05) is 12.1 Å². The molecule has 0 bridgehead atoms. The number of nitrogens with one attached hydrogen (secondary N) is 1. The van der Waals surface area contributed by atoms with Gasteiger partial charge in [0.2, 0.25) is 5.89 Å². The van der Waals surface area contributed by atoms with Gasteiger partial charge in [0.05, 0.1) is 5.92 Å². The van der Waals surface area contributed by atoms with Gasteiger partial charge in [-0.05, 0) is 19.4 Å². The van der Waals surface area contributed by atoms with Crippen molar-refractivity contribution in [2.24, 2.45) is 0 Å². The molecule has 1 unspecified atom stereocenters. The summed E-state index contributed by atoms with van der Waals surface area (Å²) in [6.45, 7) is 4.16. The largest absolute Gasteiger partial charge is 0.339 e. The Labute approximate surface area is 77.7 Å². The van der Waals surface area contributed by atoms with Crippen molar-refractivity contribution < 1.29 is 4.52 Å². The lowest BCUT2D eigenvalue weighted by molar-refractivity contribution is 0.354. The van der Waals surface area contributed by atoms with Crippen LogP contribution in [0.5, 0.6) is 0 Å². The SMILES string of the molecule is CCCc1noc(C2CCNC2)n1. The van der Waals surface area contributed by atoms with Crippen LogP contribution in [0.3, 0.4) is 0 Å². The number of hydrogen-bond acceptors (Lipinski definition) is 4. The summed E-state index contributed by atoms with van der Waals surface area (Å²) in [5.74, 6) is 2.11. The number of nitrogens with zero attached hydrogens (tertiary/aromatic N) is 2. The average Bonchev–Trinajstić information content (AvgIpc) is 2.70. The standard InChI is InChI=1S/C9H15N3O/c1-2-3-8-11-9(13-12-8)7-4-5-10-6-7/h7,10H,2-6H2,1H3. The van der Waals surface area contributed by atoms with Crippen molar-refractivity contribution in [3.8, 4) is 0 Å². The van der Waals surface area contributed by atoms with E-state index in [0.717, 1.165) is 44.1 Å². The smallest absolute Gasteiger partial charge is 0.231 e. The number of hydrogen-bond donors (Lipinski definition) is 1. The first-order valence-corrected chi connectivity index (χ1v) is 4.93. The molecule has 13 heavy (non-hydrogen) atoms. The quantitative estimate of drug-likeness (QED) is 0.758. The minimum atomic E-state index is 0.443. The van der Waals surface area contributed by atoms with Crippen LogP contribution in [0.4, 0.5) is 0 Å². The Balaban J connectivity index is 2.03. The van der Waals surface area contributed by atoms with E-state index in [4.69, 9.17) is 4.52 Å². The molecule has 0 spiro atoms. The van der Waals surface area contributed by atoms with E-state index in [9.17, 15) is 0 Å². The molecule has 4 nitrogen and oxygen atoms in total. The lowest BCUT2D eigenvalue weighted by atomic mass is 10.1. The van der Waals surface area contributed by atoms with Crippen LogP contribution in [0.15, 0.2) is 4.52 Å². The highest BCUT2D eigenvalue weighted by atomic mass is 16.5. The second-order valence-electron chi connectivity index (χ2n) is 3.49. The first-order valence-electron chi connectivity index (χ1n) is 4.93. The molecule has 1 aliphatic rings. The van der Waals surface area contributed by atoms with Crippen LogP contribution < -0.4 is 5.32 Å². The Morgan fingerprint density at radius 1 is 1.62 bits per heavy atom. The van der Waals surface area contributed by atoms with E-state index >= 15 is 0 Å². The van der Waals surface area contributed by atoms with Gasteiger partial charge in [-0.15, -0.1) is 0 Å². The number of aryl methyl sites for hydroxylation is 1. The van der Waals surface area contributed by atoms with Gasteiger partial charge in [-0.25, -0.2) is 0 Å². The van der Waals surface area contributed by atoms with Crippen molar-refractivity contribution in [2.75, 3.05) is 13.1 Å². The monoisotopic (exact) mass is 181 g/mol. The van der Waals surface area contributed by atoms with Crippen molar-refractivity contribution in [3.05, 3.63) is 11.7 Å². The third-order valence-corrected chi connectivity index (χ3v) is 2.37. The maximum atomic E-state index is 5.20. The average molecular weight is 181 g/mol. The summed E-state index contributed by atoms with van der Waals surface area (Å²) in [4.78, 5) is 4.36. The van der Waals surface area contributed by atoms with Gasteiger partial charge in [0.15, 0.2) is 5.82 Å². The molecule has 1 atom stereocenters. The summed E-state index contributed by atoms with van der Waals surface area (Å²) in [5, 5.41) is 7.22. The zero-order valence-electron chi connectivity index (χ0n) is 7.92. The lowest BCUT2D eigenvalue weighted by Crippen LogP contribution is -2.08. The van der Waals surface area contributed by atoms with Crippen LogP contribution in [0.2, 0.25) is 0 Å². The molecule has 2 rings (SSSR count). The Kier molecular flexibility index (Phi) is 2.59. The van der Waals surface area contributed by atoms with Crippen LogP contribution in [0.1, 0.15) is 37.4 Å². The molecular weight excluding hydrogens is 166 g/mol. The van der Waals surface area contributed by atoms with Gasteiger partial charge in [-0.3, -0.25) is 0 Å². The molecule has 1 aromatic heterocycles. The summed E-state index contributed by atoms with van der Waals surface area (Å²) in [6, 6.07) is 0. The van der Waals surface area contributed by atoms with Crippen molar-refractivity contribution in [1.82, 2.24) is 15.5 Å². The highest BCUT2D eigenvalue weighted by molar-refractivity contribution is 4.97. The van der Waals surface area contributed by atoms with E-state index in [1.165, 1.54) is 0 Å². The van der Waals surface area contributed by atoms with Crippen LogP contribution >= 0.6 is 0 Å². The molecular formula is C9H15N3O. The van der Waals surface area contributed by atoms with Crippen LogP contribution in [-0.4, -0.2) is 23.2 Å². The second kappa shape index (κ2) is 3.87. The van der Waals surface area contributed by atoms with Crippen LogP contribution in [0, 0.1) is 0 Å². The van der Waals surface area contributed by atoms with Crippen molar-refractivity contribution in [1.29, 1.82) is 0 Å². The maximum Gasteiger partial charge on any atom is 0.231 e. The minimum absolute atomic E-state index is 0.443. The molecule has 0 aromatic carbocycles. The summed E-state index contributed by atoms with van der Waals surface area (Å²) in [5.41, 5.74) is 0. The highest BCUT2D eigenvalue weighted by Crippen LogP contribution is 2.20. The lowest BCUT2D eigenvalue weighted by Gasteiger charge is -1.98.